The molecule has 1 atom stereocenters. The molecule has 104 valence electrons. The Hall–Kier alpha value is -1.55. The molecule has 0 heterocycles. The molecule has 0 saturated carbocycles. The number of hydrogen-bond acceptors (Lipinski definition) is 4. The highest BCUT2D eigenvalue weighted by Crippen LogP contribution is 2.26. The molecule has 0 spiro atoms. The van der Waals surface area contributed by atoms with Crippen LogP contribution in [-0.2, 0) is 9.53 Å². The third-order valence-electron chi connectivity index (χ3n) is 2.72. The van der Waals surface area contributed by atoms with Crippen LogP contribution >= 0.6 is 11.6 Å². The number of hydrogen-bond donors (Lipinski definition) is 0. The van der Waals surface area contributed by atoms with Gasteiger partial charge in [-0.25, -0.2) is 0 Å². The minimum atomic E-state index is -0.810. The van der Waals surface area contributed by atoms with Crippen molar-refractivity contribution in [3.63, 3.8) is 0 Å². The highest BCUT2D eigenvalue weighted by Gasteiger charge is 2.29. The zero-order chi connectivity index (χ0) is 14.4. The van der Waals surface area contributed by atoms with Crippen molar-refractivity contribution in [2.24, 2.45) is 5.92 Å². The third-order valence-corrected chi connectivity index (χ3v) is 2.96. The molecule has 0 bridgehead atoms. The van der Waals surface area contributed by atoms with E-state index in [4.69, 9.17) is 21.1 Å². The van der Waals surface area contributed by atoms with E-state index in [0.29, 0.717) is 22.8 Å². The highest BCUT2D eigenvalue weighted by atomic mass is 35.5. The molecule has 0 radical (unpaired) electrons. The maximum Gasteiger partial charge on any atom is 0.316 e. The molecule has 0 aliphatic carbocycles. The molecule has 0 aliphatic rings. The number of carbonyl (C=O) groups is 2. The summed E-state index contributed by atoms with van der Waals surface area (Å²) in [6.07, 6.45) is 0.378. The number of methoxy groups -OCH3 is 1. The van der Waals surface area contributed by atoms with Gasteiger partial charge in [-0.15, -0.1) is 0 Å². The van der Waals surface area contributed by atoms with E-state index in [2.05, 4.69) is 0 Å². The van der Waals surface area contributed by atoms with Crippen LogP contribution in [-0.4, -0.2) is 25.5 Å². The van der Waals surface area contributed by atoms with Crippen molar-refractivity contribution in [3.05, 3.63) is 28.8 Å². The number of rotatable bonds is 6. The molecular formula is C14H17ClO4. The Bertz CT molecular complexity index is 471. The van der Waals surface area contributed by atoms with Gasteiger partial charge in [0.1, 0.15) is 11.7 Å². The van der Waals surface area contributed by atoms with Gasteiger partial charge in [-0.3, -0.25) is 9.59 Å². The van der Waals surface area contributed by atoms with Gasteiger partial charge in [0.25, 0.3) is 0 Å². The Balaban J connectivity index is 3.07. The summed E-state index contributed by atoms with van der Waals surface area (Å²) in [5.41, 5.74) is 0.340. The molecule has 1 rings (SSSR count). The van der Waals surface area contributed by atoms with E-state index in [9.17, 15) is 9.59 Å². The van der Waals surface area contributed by atoms with Crippen LogP contribution in [0.1, 0.15) is 30.6 Å². The first kappa shape index (κ1) is 15.5. The Labute approximate surface area is 117 Å². The first-order chi connectivity index (χ1) is 9.04. The van der Waals surface area contributed by atoms with Crippen molar-refractivity contribution < 1.29 is 19.1 Å². The Morgan fingerprint density at radius 3 is 2.53 bits per heavy atom. The van der Waals surface area contributed by atoms with Crippen molar-refractivity contribution in [1.82, 2.24) is 0 Å². The average molecular weight is 285 g/mol. The van der Waals surface area contributed by atoms with E-state index >= 15 is 0 Å². The van der Waals surface area contributed by atoms with Crippen molar-refractivity contribution in [3.8, 4) is 5.75 Å². The van der Waals surface area contributed by atoms with Crippen LogP contribution in [0.15, 0.2) is 18.2 Å². The van der Waals surface area contributed by atoms with Gasteiger partial charge >= 0.3 is 5.97 Å². The van der Waals surface area contributed by atoms with Crippen LogP contribution in [0.5, 0.6) is 5.75 Å². The van der Waals surface area contributed by atoms with Crippen LogP contribution in [0, 0.1) is 5.92 Å². The first-order valence-corrected chi connectivity index (χ1v) is 6.47. The second kappa shape index (κ2) is 7.14. The summed E-state index contributed by atoms with van der Waals surface area (Å²) in [4.78, 5) is 24.1. The van der Waals surface area contributed by atoms with Crippen molar-refractivity contribution >= 4 is 23.4 Å². The quantitative estimate of drug-likeness (QED) is 0.457. The molecule has 0 aromatic heterocycles. The Morgan fingerprint density at radius 1 is 1.32 bits per heavy atom. The molecule has 1 unspecified atom stereocenters. The van der Waals surface area contributed by atoms with E-state index in [1.807, 2.05) is 0 Å². The lowest BCUT2D eigenvalue weighted by Gasteiger charge is -2.14. The fourth-order valence-corrected chi connectivity index (χ4v) is 1.92. The molecular weight excluding hydrogens is 268 g/mol. The predicted molar refractivity (Wildman–Crippen MR) is 72.7 cm³/mol. The number of Topliss-reactive ketones (excluding diaryl/α,β-unsaturated/α-hetero) is 1. The second-order valence-electron chi connectivity index (χ2n) is 3.92. The largest absolute Gasteiger partial charge is 0.496 e. The number of carbonyl (C=O) groups excluding carboxylic acids is 2. The number of esters is 1. The van der Waals surface area contributed by atoms with Gasteiger partial charge in [0.15, 0.2) is 5.78 Å². The van der Waals surface area contributed by atoms with Gasteiger partial charge in [-0.1, -0.05) is 18.5 Å². The molecule has 19 heavy (non-hydrogen) atoms. The van der Waals surface area contributed by atoms with Crippen LogP contribution in [0.25, 0.3) is 0 Å². The fourth-order valence-electron chi connectivity index (χ4n) is 1.76. The average Bonchev–Trinajstić information content (AvgIpc) is 2.39. The van der Waals surface area contributed by atoms with E-state index < -0.39 is 11.9 Å². The van der Waals surface area contributed by atoms with Crippen LogP contribution in [0.2, 0.25) is 5.02 Å². The first-order valence-electron chi connectivity index (χ1n) is 6.09. The summed E-state index contributed by atoms with van der Waals surface area (Å²) in [6, 6.07) is 4.70. The number of ketones is 1. The summed E-state index contributed by atoms with van der Waals surface area (Å²) >= 11 is 5.84. The van der Waals surface area contributed by atoms with Gasteiger partial charge in [-0.05, 0) is 31.5 Å². The topological polar surface area (TPSA) is 52.6 Å². The zero-order valence-electron chi connectivity index (χ0n) is 11.2. The van der Waals surface area contributed by atoms with Crippen LogP contribution < -0.4 is 4.74 Å². The molecule has 0 fully saturated rings. The van der Waals surface area contributed by atoms with Crippen molar-refractivity contribution in [1.29, 1.82) is 0 Å². The molecule has 0 amide bonds. The lowest BCUT2D eigenvalue weighted by atomic mass is 9.94. The minimum Gasteiger partial charge on any atom is -0.496 e. The van der Waals surface area contributed by atoms with Gasteiger partial charge in [0, 0.05) is 5.02 Å². The van der Waals surface area contributed by atoms with Gasteiger partial charge in [0.2, 0.25) is 0 Å². The van der Waals surface area contributed by atoms with E-state index in [-0.39, 0.29) is 12.4 Å². The van der Waals surface area contributed by atoms with E-state index in [1.165, 1.54) is 7.11 Å². The molecule has 0 aliphatic heterocycles. The molecule has 0 N–H and O–H groups in total. The maximum atomic E-state index is 12.4. The number of ether oxygens (including phenoxy) is 2. The molecule has 4 nitrogen and oxygen atoms in total. The van der Waals surface area contributed by atoms with Crippen LogP contribution in [0.3, 0.4) is 0 Å². The summed E-state index contributed by atoms with van der Waals surface area (Å²) in [5.74, 6) is -1.27. The summed E-state index contributed by atoms with van der Waals surface area (Å²) in [6.45, 7) is 3.72. The lowest BCUT2D eigenvalue weighted by Crippen LogP contribution is -2.26. The minimum absolute atomic E-state index is 0.250. The molecule has 5 heteroatoms. The lowest BCUT2D eigenvalue weighted by molar-refractivity contribution is -0.146. The number of halogens is 1. The highest BCUT2D eigenvalue weighted by molar-refractivity contribution is 6.31. The van der Waals surface area contributed by atoms with Crippen LogP contribution in [0.4, 0.5) is 0 Å². The maximum absolute atomic E-state index is 12.4. The molecule has 0 saturated heterocycles. The predicted octanol–water partition coefficient (Wildman–Crippen LogP) is 3.12. The second-order valence-corrected chi connectivity index (χ2v) is 4.36. The number of benzene rings is 1. The van der Waals surface area contributed by atoms with Gasteiger partial charge in [0.05, 0.1) is 19.3 Å². The standard InChI is InChI=1S/C14H17ClO4/c1-4-10(14(17)19-5-2)13(16)11-7-6-9(15)8-12(11)18-3/h6-8,10H,4-5H2,1-3H3. The molecule has 1 aromatic rings. The summed E-state index contributed by atoms with van der Waals surface area (Å²) in [7, 11) is 1.45. The fraction of sp³-hybridized carbons (Fsp3) is 0.429. The van der Waals surface area contributed by atoms with Gasteiger partial charge in [-0.2, -0.15) is 0 Å². The monoisotopic (exact) mass is 284 g/mol. The Kier molecular flexibility index (Phi) is 5.83. The Morgan fingerprint density at radius 2 is 2.00 bits per heavy atom. The zero-order valence-corrected chi connectivity index (χ0v) is 12.0. The normalized spacial score (nSPS) is 11.8. The van der Waals surface area contributed by atoms with E-state index in [1.54, 1.807) is 32.0 Å². The summed E-state index contributed by atoms with van der Waals surface area (Å²) < 4.78 is 10.0. The molecule has 1 aromatic carbocycles. The third kappa shape index (κ3) is 3.70. The van der Waals surface area contributed by atoms with Crippen molar-refractivity contribution in [2.75, 3.05) is 13.7 Å². The summed E-state index contributed by atoms with van der Waals surface area (Å²) in [5, 5.41) is 0.470. The smallest absolute Gasteiger partial charge is 0.316 e. The van der Waals surface area contributed by atoms with E-state index in [0.717, 1.165) is 0 Å². The van der Waals surface area contributed by atoms with Crippen molar-refractivity contribution in [2.45, 2.75) is 20.3 Å². The van der Waals surface area contributed by atoms with Gasteiger partial charge < -0.3 is 9.47 Å². The SMILES string of the molecule is CCOC(=O)C(CC)C(=O)c1ccc(Cl)cc1OC.